The number of rotatable bonds is 7. The molecule has 2 nitrogen and oxygen atoms in total. The molecule has 0 radical (unpaired) electrons. The predicted octanol–water partition coefficient (Wildman–Crippen LogP) is 3.67. The molecule has 0 bridgehead atoms. The van der Waals surface area contributed by atoms with Gasteiger partial charge in [0.25, 0.3) is 0 Å². The van der Waals surface area contributed by atoms with Crippen LogP contribution in [0.3, 0.4) is 0 Å². The third kappa shape index (κ3) is 5.31. The van der Waals surface area contributed by atoms with E-state index in [-0.39, 0.29) is 12.2 Å². The number of hydrogen-bond donors (Lipinski definition) is 1. The van der Waals surface area contributed by atoms with Gasteiger partial charge in [0.05, 0.1) is 18.3 Å². The van der Waals surface area contributed by atoms with Gasteiger partial charge in [0.15, 0.2) is 0 Å². The van der Waals surface area contributed by atoms with Crippen LogP contribution in [-0.4, -0.2) is 23.4 Å². The summed E-state index contributed by atoms with van der Waals surface area (Å²) >= 11 is 0. The Balaban J connectivity index is 2.09. The highest BCUT2D eigenvalue weighted by Crippen LogP contribution is 2.23. The maximum Gasteiger partial charge on any atom is 0.0837 e. The van der Waals surface area contributed by atoms with E-state index in [1.54, 1.807) is 0 Å². The molecule has 1 rings (SSSR count). The van der Waals surface area contributed by atoms with Crippen LogP contribution in [0.4, 0.5) is 0 Å². The highest BCUT2D eigenvalue weighted by Gasteiger charge is 2.24. The topological polar surface area (TPSA) is 29.5 Å². The quantitative estimate of drug-likeness (QED) is 0.674. The maximum atomic E-state index is 9.80. The van der Waals surface area contributed by atoms with E-state index in [4.69, 9.17) is 4.74 Å². The van der Waals surface area contributed by atoms with Crippen molar-refractivity contribution in [3.63, 3.8) is 0 Å². The molecular formula is C14H28O2. The molecule has 1 saturated carbocycles. The van der Waals surface area contributed by atoms with Gasteiger partial charge in [-0.1, -0.05) is 45.4 Å². The smallest absolute Gasteiger partial charge is 0.0837 e. The van der Waals surface area contributed by atoms with Crippen molar-refractivity contribution < 1.29 is 9.84 Å². The fourth-order valence-corrected chi connectivity index (χ4v) is 2.46. The lowest BCUT2D eigenvalue weighted by atomic mass is 9.94. The van der Waals surface area contributed by atoms with E-state index < -0.39 is 0 Å². The summed E-state index contributed by atoms with van der Waals surface area (Å²) < 4.78 is 5.93. The van der Waals surface area contributed by atoms with Gasteiger partial charge in [-0.2, -0.15) is 0 Å². The third-order valence-electron chi connectivity index (χ3n) is 3.54. The number of hydrogen-bond acceptors (Lipinski definition) is 2. The van der Waals surface area contributed by atoms with E-state index in [0.29, 0.717) is 6.10 Å². The van der Waals surface area contributed by atoms with Gasteiger partial charge < -0.3 is 9.84 Å². The Morgan fingerprint density at radius 1 is 1.19 bits per heavy atom. The van der Waals surface area contributed by atoms with Gasteiger partial charge in [0.1, 0.15) is 0 Å². The predicted molar refractivity (Wildman–Crippen MR) is 67.6 cm³/mol. The van der Waals surface area contributed by atoms with Gasteiger partial charge in [-0.05, 0) is 26.2 Å². The van der Waals surface area contributed by atoms with Crippen LogP contribution in [-0.2, 0) is 4.74 Å². The van der Waals surface area contributed by atoms with Crippen molar-refractivity contribution in [3.8, 4) is 0 Å². The van der Waals surface area contributed by atoms with Crippen molar-refractivity contribution in [1.82, 2.24) is 0 Å². The van der Waals surface area contributed by atoms with Crippen molar-refractivity contribution in [3.05, 3.63) is 0 Å². The first-order chi connectivity index (χ1) is 7.74. The zero-order chi connectivity index (χ0) is 11.8. The van der Waals surface area contributed by atoms with Crippen molar-refractivity contribution in [2.45, 2.75) is 89.9 Å². The minimum Gasteiger partial charge on any atom is -0.390 e. The SMILES string of the molecule is CCCCCCC(C)OC1CCCCC1O. The molecule has 1 N–H and O–H groups in total. The summed E-state index contributed by atoms with van der Waals surface area (Å²) in [6.07, 6.45) is 10.9. The van der Waals surface area contributed by atoms with Crippen molar-refractivity contribution in [1.29, 1.82) is 0 Å². The molecule has 0 aliphatic heterocycles. The molecule has 0 amide bonds. The van der Waals surface area contributed by atoms with Crippen molar-refractivity contribution in [2.75, 3.05) is 0 Å². The van der Waals surface area contributed by atoms with Gasteiger partial charge in [0, 0.05) is 0 Å². The standard InChI is InChI=1S/C14H28O2/c1-3-4-5-6-9-12(2)16-14-11-8-7-10-13(14)15/h12-15H,3-11H2,1-2H3. The molecule has 96 valence electrons. The molecule has 3 unspecified atom stereocenters. The van der Waals surface area contributed by atoms with Crippen molar-refractivity contribution >= 4 is 0 Å². The Bertz CT molecular complexity index is 170. The van der Waals surface area contributed by atoms with Gasteiger partial charge in [-0.25, -0.2) is 0 Å². The largest absolute Gasteiger partial charge is 0.390 e. The number of aliphatic hydroxyl groups excluding tert-OH is 1. The molecule has 2 heteroatoms. The van der Waals surface area contributed by atoms with Crippen LogP contribution in [0.25, 0.3) is 0 Å². The lowest BCUT2D eigenvalue weighted by molar-refractivity contribution is -0.0906. The molecule has 0 aromatic carbocycles. The highest BCUT2D eigenvalue weighted by atomic mass is 16.5. The van der Waals surface area contributed by atoms with Crippen LogP contribution in [0.5, 0.6) is 0 Å². The highest BCUT2D eigenvalue weighted by molar-refractivity contribution is 4.75. The van der Waals surface area contributed by atoms with Crippen LogP contribution in [0.1, 0.15) is 71.6 Å². The number of aliphatic hydroxyl groups is 1. The zero-order valence-corrected chi connectivity index (χ0v) is 11.0. The summed E-state index contributed by atoms with van der Waals surface area (Å²) in [6, 6.07) is 0. The van der Waals surface area contributed by atoms with Crippen LogP contribution in [0.15, 0.2) is 0 Å². The summed E-state index contributed by atoms with van der Waals surface area (Å²) in [6.45, 7) is 4.38. The van der Waals surface area contributed by atoms with Crippen LogP contribution < -0.4 is 0 Å². The first-order valence-electron chi connectivity index (χ1n) is 7.07. The summed E-state index contributed by atoms with van der Waals surface area (Å²) in [5.41, 5.74) is 0. The Morgan fingerprint density at radius 2 is 1.94 bits per heavy atom. The molecule has 0 spiro atoms. The lowest BCUT2D eigenvalue weighted by Gasteiger charge is -2.30. The second-order valence-electron chi connectivity index (χ2n) is 5.19. The monoisotopic (exact) mass is 228 g/mol. The molecule has 0 aromatic rings. The molecule has 1 aliphatic rings. The van der Waals surface area contributed by atoms with E-state index in [1.165, 1.54) is 32.1 Å². The third-order valence-corrected chi connectivity index (χ3v) is 3.54. The zero-order valence-electron chi connectivity index (χ0n) is 11.0. The average molecular weight is 228 g/mol. The molecule has 0 saturated heterocycles. The summed E-state index contributed by atoms with van der Waals surface area (Å²) in [4.78, 5) is 0. The molecule has 16 heavy (non-hydrogen) atoms. The molecule has 1 fully saturated rings. The van der Waals surface area contributed by atoms with E-state index in [2.05, 4.69) is 13.8 Å². The summed E-state index contributed by atoms with van der Waals surface area (Å²) in [5.74, 6) is 0. The Morgan fingerprint density at radius 3 is 2.62 bits per heavy atom. The molecule has 0 aromatic heterocycles. The number of ether oxygens (including phenoxy) is 1. The Hall–Kier alpha value is -0.0800. The van der Waals surface area contributed by atoms with E-state index in [9.17, 15) is 5.11 Å². The van der Waals surface area contributed by atoms with Gasteiger partial charge in [-0.3, -0.25) is 0 Å². The normalized spacial score (nSPS) is 27.9. The second kappa shape index (κ2) is 8.08. The van der Waals surface area contributed by atoms with Crippen LogP contribution >= 0.6 is 0 Å². The first-order valence-corrected chi connectivity index (χ1v) is 7.07. The van der Waals surface area contributed by atoms with Gasteiger partial charge >= 0.3 is 0 Å². The minimum atomic E-state index is -0.216. The fourth-order valence-electron chi connectivity index (χ4n) is 2.46. The van der Waals surface area contributed by atoms with E-state index in [0.717, 1.165) is 25.7 Å². The Kier molecular flexibility index (Phi) is 7.06. The lowest BCUT2D eigenvalue weighted by Crippen LogP contribution is -2.34. The molecular weight excluding hydrogens is 200 g/mol. The van der Waals surface area contributed by atoms with Crippen molar-refractivity contribution in [2.24, 2.45) is 0 Å². The molecule has 3 atom stereocenters. The van der Waals surface area contributed by atoms with Gasteiger partial charge in [-0.15, -0.1) is 0 Å². The van der Waals surface area contributed by atoms with Gasteiger partial charge in [0.2, 0.25) is 0 Å². The second-order valence-corrected chi connectivity index (χ2v) is 5.19. The fraction of sp³-hybridized carbons (Fsp3) is 1.00. The first kappa shape index (κ1) is 14.0. The number of unbranched alkanes of at least 4 members (excludes halogenated alkanes) is 3. The summed E-state index contributed by atoms with van der Waals surface area (Å²) in [7, 11) is 0. The minimum absolute atomic E-state index is 0.106. The van der Waals surface area contributed by atoms with E-state index >= 15 is 0 Å². The molecule has 1 aliphatic carbocycles. The van der Waals surface area contributed by atoms with Crippen LogP contribution in [0.2, 0.25) is 0 Å². The Labute approximate surface area is 100 Å². The molecule has 0 heterocycles. The van der Waals surface area contributed by atoms with E-state index in [1.807, 2.05) is 0 Å². The average Bonchev–Trinajstić information content (AvgIpc) is 2.28. The van der Waals surface area contributed by atoms with Crippen LogP contribution in [0, 0.1) is 0 Å². The summed E-state index contributed by atoms with van der Waals surface area (Å²) in [5, 5.41) is 9.80. The maximum absolute atomic E-state index is 9.80.